The molecule has 1 N–H and O–H groups in total. The van der Waals surface area contributed by atoms with Crippen LogP contribution in [0.1, 0.15) is 26.3 Å². The summed E-state index contributed by atoms with van der Waals surface area (Å²) in [5, 5.41) is 4.16. The predicted molar refractivity (Wildman–Crippen MR) is 68.5 cm³/mol. The number of hydrogen-bond acceptors (Lipinski definition) is 2. The van der Waals surface area contributed by atoms with Gasteiger partial charge in [-0.2, -0.15) is 0 Å². The first-order valence-corrected chi connectivity index (χ1v) is 6.03. The summed E-state index contributed by atoms with van der Waals surface area (Å²) in [7, 11) is 0. The lowest BCUT2D eigenvalue weighted by Crippen LogP contribution is -2.47. The second-order valence-electron chi connectivity index (χ2n) is 5.02. The summed E-state index contributed by atoms with van der Waals surface area (Å²) in [6, 6.07) is 3.86. The monoisotopic (exact) mass is 239 g/mol. The lowest BCUT2D eigenvalue weighted by molar-refractivity contribution is 0.0468. The molecule has 0 fully saturated rings. The third kappa shape index (κ3) is 1.86. The third-order valence-electron chi connectivity index (χ3n) is 3.43. The second kappa shape index (κ2) is 3.85. The van der Waals surface area contributed by atoms with E-state index >= 15 is 0 Å². The molecule has 0 saturated carbocycles. The molecule has 2 nitrogen and oxygen atoms in total. The molecule has 1 aromatic rings. The zero-order valence-electron chi connectivity index (χ0n) is 10.2. The van der Waals surface area contributed by atoms with Crippen molar-refractivity contribution in [3.05, 3.63) is 22.7 Å². The van der Waals surface area contributed by atoms with E-state index in [9.17, 15) is 0 Å². The van der Waals surface area contributed by atoms with E-state index in [1.807, 2.05) is 19.1 Å². The highest BCUT2D eigenvalue weighted by molar-refractivity contribution is 6.31. The highest BCUT2D eigenvalue weighted by Gasteiger charge is 2.35. The number of fused-ring (bicyclic) bond motifs is 1. The molecule has 0 amide bonds. The minimum Gasteiger partial charge on any atom is -0.483 e. The smallest absolute Gasteiger partial charge is 0.146 e. The van der Waals surface area contributed by atoms with Crippen molar-refractivity contribution in [1.29, 1.82) is 0 Å². The maximum absolute atomic E-state index is 6.15. The molecule has 0 radical (unpaired) electrons. The van der Waals surface area contributed by atoms with Crippen LogP contribution in [-0.4, -0.2) is 12.1 Å². The van der Waals surface area contributed by atoms with Crippen molar-refractivity contribution in [2.24, 2.45) is 5.92 Å². The molecule has 1 unspecified atom stereocenters. The molecule has 0 spiro atoms. The molecule has 2 rings (SSSR count). The summed E-state index contributed by atoms with van der Waals surface area (Å²) in [5.41, 5.74) is 1.94. The van der Waals surface area contributed by atoms with Crippen LogP contribution in [0.2, 0.25) is 5.02 Å². The first-order chi connectivity index (χ1) is 7.42. The lowest BCUT2D eigenvalue weighted by atomic mass is 9.90. The van der Waals surface area contributed by atoms with Crippen LogP contribution in [0.25, 0.3) is 0 Å². The molecule has 1 aliphatic rings. The highest BCUT2D eigenvalue weighted by Crippen LogP contribution is 2.40. The normalized spacial score (nSPS) is 23.6. The second-order valence-corrected chi connectivity index (χ2v) is 5.46. The minimum atomic E-state index is -0.147. The molecule has 3 heteroatoms. The van der Waals surface area contributed by atoms with Crippen molar-refractivity contribution < 1.29 is 4.74 Å². The predicted octanol–water partition coefficient (Wildman–Crippen LogP) is 3.87. The fourth-order valence-corrected chi connectivity index (χ4v) is 2.13. The summed E-state index contributed by atoms with van der Waals surface area (Å²) in [4.78, 5) is 0. The zero-order valence-corrected chi connectivity index (χ0v) is 11.0. The fraction of sp³-hybridized carbons (Fsp3) is 0.538. The van der Waals surface area contributed by atoms with Crippen LogP contribution in [-0.2, 0) is 0 Å². The Kier molecular flexibility index (Phi) is 2.79. The molecule has 1 aliphatic heterocycles. The molecule has 0 bridgehead atoms. The van der Waals surface area contributed by atoms with Crippen LogP contribution in [0.4, 0.5) is 5.69 Å². The van der Waals surface area contributed by atoms with Crippen molar-refractivity contribution in [3.63, 3.8) is 0 Å². The van der Waals surface area contributed by atoms with Gasteiger partial charge in [-0.1, -0.05) is 25.4 Å². The zero-order chi connectivity index (χ0) is 11.9. The van der Waals surface area contributed by atoms with Crippen molar-refractivity contribution in [2.45, 2.75) is 33.3 Å². The lowest BCUT2D eigenvalue weighted by Gasteiger charge is -2.40. The molecule has 16 heavy (non-hydrogen) atoms. The largest absolute Gasteiger partial charge is 0.483 e. The molecule has 0 aliphatic carbocycles. The molecule has 0 saturated heterocycles. The summed E-state index contributed by atoms with van der Waals surface area (Å²) in [5.74, 6) is 1.40. The summed E-state index contributed by atoms with van der Waals surface area (Å²) < 4.78 is 6.15. The van der Waals surface area contributed by atoms with Gasteiger partial charge in [0.05, 0.1) is 12.2 Å². The number of anilines is 1. The Hall–Kier alpha value is -0.890. The van der Waals surface area contributed by atoms with E-state index in [0.717, 1.165) is 28.6 Å². The van der Waals surface area contributed by atoms with E-state index in [-0.39, 0.29) is 5.60 Å². The standard InChI is InChI=1S/C13H18ClNO/c1-8(2)13(4)7-15-11-6-10(14)5-9(3)12(11)16-13/h5-6,8,15H,7H2,1-4H3. The maximum Gasteiger partial charge on any atom is 0.146 e. The number of rotatable bonds is 1. The van der Waals surface area contributed by atoms with Gasteiger partial charge in [0.2, 0.25) is 0 Å². The van der Waals surface area contributed by atoms with Gasteiger partial charge in [0.1, 0.15) is 11.4 Å². The first kappa shape index (κ1) is 11.6. The molecule has 1 aromatic carbocycles. The third-order valence-corrected chi connectivity index (χ3v) is 3.64. The minimum absolute atomic E-state index is 0.147. The number of nitrogens with one attached hydrogen (secondary N) is 1. The SMILES string of the molecule is Cc1cc(Cl)cc2c1OC(C)(C(C)C)CN2. The van der Waals surface area contributed by atoms with Crippen molar-refractivity contribution in [2.75, 3.05) is 11.9 Å². The van der Waals surface area contributed by atoms with Crippen molar-refractivity contribution in [1.82, 2.24) is 0 Å². The number of hydrogen-bond donors (Lipinski definition) is 1. The van der Waals surface area contributed by atoms with Crippen LogP contribution < -0.4 is 10.1 Å². The van der Waals surface area contributed by atoms with E-state index in [2.05, 4.69) is 26.1 Å². The Bertz CT molecular complexity index is 417. The van der Waals surface area contributed by atoms with Crippen LogP contribution in [0.5, 0.6) is 5.75 Å². The van der Waals surface area contributed by atoms with Gasteiger partial charge in [0.25, 0.3) is 0 Å². The molecule has 1 atom stereocenters. The molecular weight excluding hydrogens is 222 g/mol. The van der Waals surface area contributed by atoms with Crippen LogP contribution in [0.3, 0.4) is 0 Å². The van der Waals surface area contributed by atoms with Crippen LogP contribution >= 0.6 is 11.6 Å². The maximum atomic E-state index is 6.15. The van der Waals surface area contributed by atoms with Crippen molar-refractivity contribution >= 4 is 17.3 Å². The van der Waals surface area contributed by atoms with Gasteiger partial charge in [0.15, 0.2) is 0 Å². The summed E-state index contributed by atoms with van der Waals surface area (Å²) in [6.07, 6.45) is 0. The van der Waals surface area contributed by atoms with E-state index in [1.165, 1.54) is 0 Å². The average Bonchev–Trinajstić information content (AvgIpc) is 2.19. The van der Waals surface area contributed by atoms with Crippen molar-refractivity contribution in [3.8, 4) is 5.75 Å². The van der Waals surface area contributed by atoms with Gasteiger partial charge in [-0.3, -0.25) is 0 Å². The number of benzene rings is 1. The van der Waals surface area contributed by atoms with Gasteiger partial charge in [-0.05, 0) is 37.5 Å². The molecule has 88 valence electrons. The summed E-state index contributed by atoms with van der Waals surface area (Å²) in [6.45, 7) is 9.34. The number of aryl methyl sites for hydroxylation is 1. The van der Waals surface area contributed by atoms with Gasteiger partial charge in [-0.15, -0.1) is 0 Å². The van der Waals surface area contributed by atoms with E-state index in [1.54, 1.807) is 0 Å². The van der Waals surface area contributed by atoms with Gasteiger partial charge >= 0.3 is 0 Å². The van der Waals surface area contributed by atoms with E-state index < -0.39 is 0 Å². The number of halogens is 1. The van der Waals surface area contributed by atoms with Crippen LogP contribution in [0, 0.1) is 12.8 Å². The molecule has 1 heterocycles. The van der Waals surface area contributed by atoms with Crippen LogP contribution in [0.15, 0.2) is 12.1 Å². The molecule has 0 aromatic heterocycles. The topological polar surface area (TPSA) is 21.3 Å². The Labute approximate surface area is 102 Å². The Morgan fingerprint density at radius 1 is 1.44 bits per heavy atom. The van der Waals surface area contributed by atoms with Gasteiger partial charge < -0.3 is 10.1 Å². The quantitative estimate of drug-likeness (QED) is 0.804. The van der Waals surface area contributed by atoms with Gasteiger partial charge in [-0.25, -0.2) is 0 Å². The van der Waals surface area contributed by atoms with Gasteiger partial charge in [0, 0.05) is 5.02 Å². The molecular formula is C13H18ClNO. The Balaban J connectivity index is 2.41. The fourth-order valence-electron chi connectivity index (χ4n) is 1.86. The summed E-state index contributed by atoms with van der Waals surface area (Å²) >= 11 is 6.02. The average molecular weight is 240 g/mol. The Morgan fingerprint density at radius 3 is 2.75 bits per heavy atom. The highest BCUT2D eigenvalue weighted by atomic mass is 35.5. The van der Waals surface area contributed by atoms with E-state index in [4.69, 9.17) is 16.3 Å². The first-order valence-electron chi connectivity index (χ1n) is 5.65. The number of ether oxygens (including phenoxy) is 1. The van der Waals surface area contributed by atoms with E-state index in [0.29, 0.717) is 5.92 Å². The Morgan fingerprint density at radius 2 is 2.12 bits per heavy atom.